The molecule has 20 heavy (non-hydrogen) atoms. The molecule has 0 aromatic carbocycles. The maximum absolute atomic E-state index is 12.8. The quantitative estimate of drug-likeness (QED) is 0.731. The molecule has 4 aliphatic carbocycles. The molecule has 4 aliphatic rings. The van der Waals surface area contributed by atoms with Crippen molar-refractivity contribution in [2.24, 2.45) is 5.92 Å². The van der Waals surface area contributed by atoms with Crippen LogP contribution in [0.15, 0.2) is 41.8 Å². The third-order valence-corrected chi connectivity index (χ3v) is 4.63. The van der Waals surface area contributed by atoms with Crippen LogP contribution in [0.5, 0.6) is 0 Å². The highest BCUT2D eigenvalue weighted by atomic mass is 16.5. The molecule has 100 valence electrons. The Morgan fingerprint density at radius 1 is 1.30 bits per heavy atom. The lowest BCUT2D eigenvalue weighted by molar-refractivity contribution is 0.0342. The number of ketones is 2. The summed E-state index contributed by atoms with van der Waals surface area (Å²) in [7, 11) is 1.60. The number of hydrogen-bond donors (Lipinski definition) is 0. The van der Waals surface area contributed by atoms with Crippen molar-refractivity contribution in [3.8, 4) is 0 Å². The Kier molecular flexibility index (Phi) is 2.19. The van der Waals surface area contributed by atoms with Gasteiger partial charge < -0.3 is 4.74 Å². The van der Waals surface area contributed by atoms with E-state index in [2.05, 4.69) is 4.98 Å². The molecule has 2 unspecified atom stereocenters. The van der Waals surface area contributed by atoms with E-state index in [1.165, 1.54) is 6.20 Å². The third-order valence-electron chi connectivity index (χ3n) is 4.63. The fourth-order valence-electron chi connectivity index (χ4n) is 3.61. The number of fused-ring (bicyclic) bond motifs is 2. The lowest BCUT2D eigenvalue weighted by atomic mass is 9.63. The topological polar surface area (TPSA) is 56.3 Å². The molecule has 0 saturated heterocycles. The van der Waals surface area contributed by atoms with E-state index in [0.717, 1.165) is 12.8 Å². The maximum Gasteiger partial charge on any atom is 0.193 e. The molecule has 2 bridgehead atoms. The Balaban J connectivity index is 2.01. The SMILES string of the molecule is COC12C=CC(CC1)C1=C2C(=O)c2ccncc2C1=O. The molecule has 1 heterocycles. The molecule has 0 aliphatic heterocycles. The molecule has 4 nitrogen and oxygen atoms in total. The Morgan fingerprint density at radius 3 is 2.85 bits per heavy atom. The first-order valence-electron chi connectivity index (χ1n) is 6.70. The molecule has 5 rings (SSSR count). The highest BCUT2D eigenvalue weighted by molar-refractivity contribution is 6.28. The summed E-state index contributed by atoms with van der Waals surface area (Å²) in [6, 6.07) is 1.62. The molecule has 1 aromatic rings. The standard InChI is InChI=1S/C16H13NO3/c1-20-16-5-2-9(3-6-16)12-13(16)15(19)10-4-7-17-8-11(10)14(12)18/h2,4-5,7-9H,3,6H2,1H3. The zero-order valence-corrected chi connectivity index (χ0v) is 11.1. The first-order valence-corrected chi connectivity index (χ1v) is 6.70. The van der Waals surface area contributed by atoms with E-state index in [-0.39, 0.29) is 17.5 Å². The maximum atomic E-state index is 12.8. The summed E-state index contributed by atoms with van der Waals surface area (Å²) in [5.41, 5.74) is 1.30. The van der Waals surface area contributed by atoms with Gasteiger partial charge in [0.2, 0.25) is 0 Å². The molecule has 0 N–H and O–H groups in total. The van der Waals surface area contributed by atoms with Crippen LogP contribution in [-0.2, 0) is 4.74 Å². The lowest BCUT2D eigenvalue weighted by Crippen LogP contribution is -2.47. The van der Waals surface area contributed by atoms with Gasteiger partial charge in [0.05, 0.1) is 5.56 Å². The van der Waals surface area contributed by atoms with Crippen LogP contribution in [0.25, 0.3) is 0 Å². The van der Waals surface area contributed by atoms with E-state index in [1.54, 1.807) is 19.4 Å². The Hall–Kier alpha value is -2.07. The summed E-state index contributed by atoms with van der Waals surface area (Å²) in [5.74, 6) is -0.127. The monoisotopic (exact) mass is 267 g/mol. The van der Waals surface area contributed by atoms with Crippen molar-refractivity contribution in [3.63, 3.8) is 0 Å². The first-order chi connectivity index (χ1) is 9.68. The summed E-state index contributed by atoms with van der Waals surface area (Å²) in [6.45, 7) is 0. The molecule has 1 aromatic heterocycles. The summed E-state index contributed by atoms with van der Waals surface area (Å²) >= 11 is 0. The normalized spacial score (nSPS) is 30.6. The number of nitrogens with zero attached hydrogens (tertiary/aromatic N) is 1. The molecule has 2 atom stereocenters. The average Bonchev–Trinajstić information content (AvgIpc) is 2.53. The Morgan fingerprint density at radius 2 is 2.15 bits per heavy atom. The van der Waals surface area contributed by atoms with Gasteiger partial charge in [0, 0.05) is 42.1 Å². The fourth-order valence-corrected chi connectivity index (χ4v) is 3.61. The van der Waals surface area contributed by atoms with Gasteiger partial charge in [-0.2, -0.15) is 0 Å². The largest absolute Gasteiger partial charge is 0.369 e. The zero-order valence-electron chi connectivity index (χ0n) is 11.1. The molecule has 0 amide bonds. The number of pyridine rings is 1. The van der Waals surface area contributed by atoms with Gasteiger partial charge in [0.25, 0.3) is 0 Å². The van der Waals surface area contributed by atoms with Crippen LogP contribution in [0.4, 0.5) is 0 Å². The molecule has 0 fully saturated rings. The van der Waals surface area contributed by atoms with E-state index in [0.29, 0.717) is 22.3 Å². The highest BCUT2D eigenvalue weighted by Crippen LogP contribution is 2.49. The van der Waals surface area contributed by atoms with Gasteiger partial charge in [-0.05, 0) is 18.9 Å². The van der Waals surface area contributed by atoms with Crippen LogP contribution in [-0.4, -0.2) is 29.3 Å². The smallest absolute Gasteiger partial charge is 0.193 e. The fraction of sp³-hybridized carbons (Fsp3) is 0.312. The van der Waals surface area contributed by atoms with E-state index in [1.807, 2.05) is 12.2 Å². The number of allylic oxidation sites excluding steroid dienone is 2. The number of ether oxygens (including phenoxy) is 1. The van der Waals surface area contributed by atoms with Gasteiger partial charge in [0.15, 0.2) is 11.6 Å². The number of hydrogen-bond acceptors (Lipinski definition) is 4. The van der Waals surface area contributed by atoms with Crippen molar-refractivity contribution in [2.45, 2.75) is 18.4 Å². The highest BCUT2D eigenvalue weighted by Gasteiger charge is 2.51. The lowest BCUT2D eigenvalue weighted by Gasteiger charge is -2.44. The minimum absolute atomic E-state index is 0.0341. The Bertz CT molecular complexity index is 716. The second-order valence-electron chi connectivity index (χ2n) is 5.47. The second kappa shape index (κ2) is 3.73. The third kappa shape index (κ3) is 1.22. The van der Waals surface area contributed by atoms with Crippen molar-refractivity contribution in [3.05, 3.63) is 52.9 Å². The molecular formula is C16H13NO3. The minimum atomic E-state index is -0.724. The summed E-state index contributed by atoms with van der Waals surface area (Å²) in [6.07, 6.45) is 8.58. The van der Waals surface area contributed by atoms with Gasteiger partial charge in [-0.1, -0.05) is 12.2 Å². The second-order valence-corrected chi connectivity index (χ2v) is 5.47. The predicted molar refractivity (Wildman–Crippen MR) is 71.5 cm³/mol. The van der Waals surface area contributed by atoms with Crippen LogP contribution in [0.3, 0.4) is 0 Å². The number of carbonyl (C=O) groups is 2. The van der Waals surface area contributed by atoms with Crippen LogP contribution in [0.1, 0.15) is 33.6 Å². The number of carbonyl (C=O) groups excluding carboxylic acids is 2. The molecular weight excluding hydrogens is 254 g/mol. The van der Waals surface area contributed by atoms with Crippen molar-refractivity contribution in [1.29, 1.82) is 0 Å². The van der Waals surface area contributed by atoms with Crippen molar-refractivity contribution in [1.82, 2.24) is 4.98 Å². The molecule has 0 spiro atoms. The minimum Gasteiger partial charge on any atom is -0.369 e. The Labute approximate surface area is 116 Å². The van der Waals surface area contributed by atoms with E-state index >= 15 is 0 Å². The number of aromatic nitrogens is 1. The summed E-state index contributed by atoms with van der Waals surface area (Å²) < 4.78 is 5.64. The van der Waals surface area contributed by atoms with Crippen molar-refractivity contribution >= 4 is 11.6 Å². The van der Waals surface area contributed by atoms with Crippen LogP contribution in [0, 0.1) is 5.92 Å². The predicted octanol–water partition coefficient (Wildman–Crippen LogP) is 2.12. The first kappa shape index (κ1) is 11.7. The molecule has 4 heteroatoms. The zero-order chi connectivity index (χ0) is 13.9. The van der Waals surface area contributed by atoms with E-state index < -0.39 is 5.60 Å². The van der Waals surface area contributed by atoms with Gasteiger partial charge in [-0.25, -0.2) is 0 Å². The van der Waals surface area contributed by atoms with Crippen molar-refractivity contribution in [2.75, 3.05) is 7.11 Å². The van der Waals surface area contributed by atoms with Crippen LogP contribution < -0.4 is 0 Å². The van der Waals surface area contributed by atoms with E-state index in [4.69, 9.17) is 4.74 Å². The van der Waals surface area contributed by atoms with Crippen LogP contribution >= 0.6 is 0 Å². The summed E-state index contributed by atoms with van der Waals surface area (Å²) in [5, 5.41) is 0. The van der Waals surface area contributed by atoms with Gasteiger partial charge in [-0.3, -0.25) is 14.6 Å². The van der Waals surface area contributed by atoms with Crippen molar-refractivity contribution < 1.29 is 14.3 Å². The van der Waals surface area contributed by atoms with Crippen LogP contribution in [0.2, 0.25) is 0 Å². The van der Waals surface area contributed by atoms with Gasteiger partial charge in [-0.15, -0.1) is 0 Å². The van der Waals surface area contributed by atoms with E-state index in [9.17, 15) is 9.59 Å². The molecule has 0 radical (unpaired) electrons. The molecule has 0 saturated carbocycles. The van der Waals surface area contributed by atoms with Gasteiger partial charge >= 0.3 is 0 Å². The number of Topliss-reactive ketones (excluding diaryl/α,β-unsaturated/α-hetero) is 2. The summed E-state index contributed by atoms with van der Waals surface area (Å²) in [4.78, 5) is 29.5. The van der Waals surface area contributed by atoms with Gasteiger partial charge in [0.1, 0.15) is 5.60 Å². The number of rotatable bonds is 1. The average molecular weight is 267 g/mol. The number of methoxy groups -OCH3 is 1.